The third kappa shape index (κ3) is 3.34. The van der Waals surface area contributed by atoms with Gasteiger partial charge in [0.15, 0.2) is 5.41 Å². The Morgan fingerprint density at radius 3 is 1.77 bits per heavy atom. The maximum Gasteiger partial charge on any atom is 0.323 e. The van der Waals surface area contributed by atoms with Crippen molar-refractivity contribution in [1.29, 1.82) is 0 Å². The molecule has 0 N–H and O–H groups in total. The molecule has 7 nitrogen and oxygen atoms in total. The van der Waals surface area contributed by atoms with E-state index in [1.54, 1.807) is 45.0 Å². The molecule has 2 rings (SSSR count). The van der Waals surface area contributed by atoms with Crippen LogP contribution in [0.15, 0.2) is 24.3 Å². The molecule has 0 saturated carbocycles. The molecule has 0 aliphatic carbocycles. The Labute approximate surface area is 152 Å². The average molecular weight is 361 g/mol. The number of carbonyl (C=O) groups excluding carboxylic acids is 4. The molecule has 0 fully saturated rings. The van der Waals surface area contributed by atoms with E-state index in [2.05, 4.69) is 0 Å². The van der Waals surface area contributed by atoms with Gasteiger partial charge in [-0.15, -0.1) is 0 Å². The Hall–Kier alpha value is -2.70. The number of imide groups is 1. The van der Waals surface area contributed by atoms with Crippen molar-refractivity contribution in [2.75, 3.05) is 19.8 Å². The van der Waals surface area contributed by atoms with Crippen LogP contribution in [0.3, 0.4) is 0 Å². The van der Waals surface area contributed by atoms with Crippen LogP contribution >= 0.6 is 0 Å². The smallest absolute Gasteiger partial charge is 0.323 e. The van der Waals surface area contributed by atoms with Crippen molar-refractivity contribution in [2.45, 2.75) is 33.6 Å². The lowest BCUT2D eigenvalue weighted by Gasteiger charge is -2.29. The van der Waals surface area contributed by atoms with Crippen molar-refractivity contribution in [1.82, 2.24) is 4.90 Å². The summed E-state index contributed by atoms with van der Waals surface area (Å²) < 4.78 is 10.1. The summed E-state index contributed by atoms with van der Waals surface area (Å²) in [6.45, 7) is 5.13. The van der Waals surface area contributed by atoms with Gasteiger partial charge in [0.1, 0.15) is 0 Å². The number of rotatable bonds is 8. The molecule has 1 heterocycles. The van der Waals surface area contributed by atoms with Crippen molar-refractivity contribution < 1.29 is 28.7 Å². The molecule has 1 aromatic carbocycles. The molecule has 0 saturated heterocycles. The molecule has 7 heteroatoms. The molecule has 1 aromatic rings. The molecule has 1 aliphatic rings. The number of nitrogens with zero attached hydrogens (tertiary/aromatic N) is 1. The lowest BCUT2D eigenvalue weighted by molar-refractivity contribution is -0.173. The molecule has 0 atom stereocenters. The van der Waals surface area contributed by atoms with Gasteiger partial charge >= 0.3 is 11.9 Å². The third-order valence-electron chi connectivity index (χ3n) is 4.58. The van der Waals surface area contributed by atoms with Crippen LogP contribution in [0.1, 0.15) is 54.3 Å². The Morgan fingerprint density at radius 2 is 1.38 bits per heavy atom. The summed E-state index contributed by atoms with van der Waals surface area (Å²) in [7, 11) is 0. The third-order valence-corrected chi connectivity index (χ3v) is 4.58. The van der Waals surface area contributed by atoms with Gasteiger partial charge in [0.25, 0.3) is 11.8 Å². The van der Waals surface area contributed by atoms with E-state index in [1.165, 1.54) is 0 Å². The number of benzene rings is 1. The zero-order chi connectivity index (χ0) is 19.3. The lowest BCUT2D eigenvalue weighted by atomic mass is 9.81. The molecule has 0 unspecified atom stereocenters. The van der Waals surface area contributed by atoms with Crippen molar-refractivity contribution in [3.63, 3.8) is 0 Å². The number of carbonyl (C=O) groups is 4. The fourth-order valence-corrected chi connectivity index (χ4v) is 3.04. The number of esters is 2. The summed E-state index contributed by atoms with van der Waals surface area (Å²) in [5.41, 5.74) is -0.889. The van der Waals surface area contributed by atoms with Gasteiger partial charge in [-0.1, -0.05) is 19.1 Å². The highest BCUT2D eigenvalue weighted by Gasteiger charge is 2.48. The van der Waals surface area contributed by atoms with Crippen molar-refractivity contribution >= 4 is 23.8 Å². The summed E-state index contributed by atoms with van der Waals surface area (Å²) in [5, 5.41) is 0. The first-order chi connectivity index (χ1) is 12.4. The van der Waals surface area contributed by atoms with Crippen LogP contribution in [0.25, 0.3) is 0 Å². The minimum atomic E-state index is -1.54. The van der Waals surface area contributed by atoms with Crippen LogP contribution in [-0.2, 0) is 19.1 Å². The normalized spacial score (nSPS) is 13.6. The Morgan fingerprint density at radius 1 is 0.923 bits per heavy atom. The lowest BCUT2D eigenvalue weighted by Crippen LogP contribution is -2.45. The quantitative estimate of drug-likeness (QED) is 0.401. The van der Waals surface area contributed by atoms with Crippen LogP contribution in [0.4, 0.5) is 0 Å². The predicted molar refractivity (Wildman–Crippen MR) is 92.4 cm³/mol. The highest BCUT2D eigenvalue weighted by Crippen LogP contribution is 2.32. The largest absolute Gasteiger partial charge is 0.465 e. The number of hydrogen-bond acceptors (Lipinski definition) is 6. The summed E-state index contributed by atoms with van der Waals surface area (Å²) in [6, 6.07) is 6.53. The Kier molecular flexibility index (Phi) is 6.13. The molecule has 0 aromatic heterocycles. The van der Waals surface area contributed by atoms with Crippen molar-refractivity contribution in [2.24, 2.45) is 5.41 Å². The van der Waals surface area contributed by atoms with Gasteiger partial charge in [0, 0.05) is 6.54 Å². The fourth-order valence-electron chi connectivity index (χ4n) is 3.04. The summed E-state index contributed by atoms with van der Waals surface area (Å²) in [4.78, 5) is 51.0. The van der Waals surface area contributed by atoms with E-state index in [0.717, 1.165) is 4.90 Å². The molecule has 0 radical (unpaired) electrons. The zero-order valence-electron chi connectivity index (χ0n) is 15.2. The Bertz CT molecular complexity index is 673. The minimum Gasteiger partial charge on any atom is -0.465 e. The molecule has 26 heavy (non-hydrogen) atoms. The fraction of sp³-hybridized carbons (Fsp3) is 0.474. The van der Waals surface area contributed by atoms with E-state index >= 15 is 0 Å². The molecular weight excluding hydrogens is 338 g/mol. The SMILES string of the molecule is CCOC(=O)C(CC)(CCN1C(=O)c2ccccc2C1=O)C(=O)OCC. The maximum atomic E-state index is 12.5. The van der Waals surface area contributed by atoms with Gasteiger partial charge < -0.3 is 9.47 Å². The molecular formula is C19H23NO6. The molecule has 0 bridgehead atoms. The van der Waals surface area contributed by atoms with Crippen LogP contribution in [-0.4, -0.2) is 48.4 Å². The van der Waals surface area contributed by atoms with Crippen molar-refractivity contribution in [3.05, 3.63) is 35.4 Å². The highest BCUT2D eigenvalue weighted by molar-refractivity contribution is 6.21. The van der Waals surface area contributed by atoms with Crippen molar-refractivity contribution in [3.8, 4) is 0 Å². The maximum absolute atomic E-state index is 12.5. The molecule has 140 valence electrons. The topological polar surface area (TPSA) is 90.0 Å². The summed E-state index contributed by atoms with van der Waals surface area (Å²) in [5.74, 6) is -2.25. The average Bonchev–Trinajstić information content (AvgIpc) is 2.88. The van der Waals surface area contributed by atoms with Crippen LogP contribution < -0.4 is 0 Å². The van der Waals surface area contributed by atoms with Gasteiger partial charge in [-0.25, -0.2) is 0 Å². The van der Waals surface area contributed by atoms with Gasteiger partial charge in [0.05, 0.1) is 24.3 Å². The van der Waals surface area contributed by atoms with Gasteiger partial charge in [-0.05, 0) is 38.8 Å². The predicted octanol–water partition coefficient (Wildman–Crippen LogP) is 2.20. The minimum absolute atomic E-state index is 0.0490. The molecule has 0 spiro atoms. The summed E-state index contributed by atoms with van der Waals surface area (Å²) >= 11 is 0. The van der Waals surface area contributed by atoms with Crippen LogP contribution in [0.2, 0.25) is 0 Å². The molecule has 1 aliphatic heterocycles. The molecule has 2 amide bonds. The number of fused-ring (bicyclic) bond motifs is 1. The first kappa shape index (κ1) is 19.6. The van der Waals surface area contributed by atoms with Gasteiger partial charge in [0.2, 0.25) is 0 Å². The Balaban J connectivity index is 2.25. The van der Waals surface area contributed by atoms with Gasteiger partial charge in [-0.2, -0.15) is 0 Å². The zero-order valence-corrected chi connectivity index (χ0v) is 15.2. The first-order valence-corrected chi connectivity index (χ1v) is 8.72. The number of hydrogen-bond donors (Lipinski definition) is 0. The number of ether oxygens (including phenoxy) is 2. The van der Waals surface area contributed by atoms with Gasteiger partial charge in [-0.3, -0.25) is 24.1 Å². The second-order valence-electron chi connectivity index (χ2n) is 5.93. The van der Waals surface area contributed by atoms with Crippen LogP contribution in [0.5, 0.6) is 0 Å². The van der Waals surface area contributed by atoms with E-state index in [4.69, 9.17) is 9.47 Å². The highest BCUT2D eigenvalue weighted by atomic mass is 16.6. The van der Waals surface area contributed by atoms with Crippen LogP contribution in [0, 0.1) is 5.41 Å². The standard InChI is InChI=1S/C19H23NO6/c1-4-19(17(23)25-5-2,18(24)26-6-3)11-12-20-15(21)13-9-7-8-10-14(13)16(20)22/h7-10H,4-6,11-12H2,1-3H3. The monoisotopic (exact) mass is 361 g/mol. The second kappa shape index (κ2) is 8.12. The first-order valence-electron chi connectivity index (χ1n) is 8.72. The van der Waals surface area contributed by atoms with E-state index in [0.29, 0.717) is 11.1 Å². The van der Waals surface area contributed by atoms with E-state index in [-0.39, 0.29) is 32.6 Å². The van der Waals surface area contributed by atoms with E-state index in [1.807, 2.05) is 0 Å². The van der Waals surface area contributed by atoms with E-state index in [9.17, 15) is 19.2 Å². The summed E-state index contributed by atoms with van der Waals surface area (Å²) in [6.07, 6.45) is 0.0977. The second-order valence-corrected chi connectivity index (χ2v) is 5.93. The van der Waals surface area contributed by atoms with E-state index < -0.39 is 29.2 Å². The number of amides is 2.